The van der Waals surface area contributed by atoms with E-state index in [0.29, 0.717) is 0 Å². The molecule has 0 saturated carbocycles. The SMILES string of the molecule is CC(C)(Cc1ccc(CS(=O)O)cc1)N1CCOCC1. The lowest BCUT2D eigenvalue weighted by Crippen LogP contribution is -2.51. The topological polar surface area (TPSA) is 49.8 Å². The molecule has 0 aromatic heterocycles. The Kier molecular flexibility index (Phi) is 5.32. The average Bonchev–Trinajstić information content (AvgIpc) is 2.41. The first kappa shape index (κ1) is 15.6. The molecule has 1 aliphatic rings. The Hall–Kier alpha value is -0.750. The van der Waals surface area contributed by atoms with E-state index < -0.39 is 11.1 Å². The summed E-state index contributed by atoms with van der Waals surface area (Å²) in [5, 5.41) is 0. The lowest BCUT2D eigenvalue weighted by atomic mass is 9.92. The minimum absolute atomic E-state index is 0.102. The highest BCUT2D eigenvalue weighted by atomic mass is 32.2. The third kappa shape index (κ3) is 4.38. The Bertz CT molecular complexity index is 453. The molecule has 2 rings (SSSR count). The molecule has 1 unspecified atom stereocenters. The number of nitrogens with zero attached hydrogens (tertiary/aromatic N) is 1. The highest BCUT2D eigenvalue weighted by molar-refractivity contribution is 7.78. The molecule has 0 bridgehead atoms. The van der Waals surface area contributed by atoms with Gasteiger partial charge in [0.05, 0.1) is 19.0 Å². The summed E-state index contributed by atoms with van der Waals surface area (Å²) in [7, 11) is 0. The van der Waals surface area contributed by atoms with Crippen molar-refractivity contribution in [2.75, 3.05) is 26.3 Å². The second-order valence-electron chi connectivity index (χ2n) is 5.87. The zero-order valence-electron chi connectivity index (χ0n) is 12.2. The molecule has 0 amide bonds. The molecule has 1 fully saturated rings. The fourth-order valence-corrected chi connectivity index (χ4v) is 3.15. The Morgan fingerprint density at radius 3 is 2.30 bits per heavy atom. The highest BCUT2D eigenvalue weighted by Crippen LogP contribution is 2.22. The zero-order chi connectivity index (χ0) is 14.6. The van der Waals surface area contributed by atoms with E-state index in [0.717, 1.165) is 38.3 Å². The van der Waals surface area contributed by atoms with Gasteiger partial charge in [0.15, 0.2) is 11.1 Å². The molecule has 1 aromatic carbocycles. The molecule has 0 aliphatic carbocycles. The van der Waals surface area contributed by atoms with Crippen LogP contribution in [0.3, 0.4) is 0 Å². The molecule has 20 heavy (non-hydrogen) atoms. The fraction of sp³-hybridized carbons (Fsp3) is 0.600. The summed E-state index contributed by atoms with van der Waals surface area (Å²) in [4.78, 5) is 2.47. The van der Waals surface area contributed by atoms with E-state index in [-0.39, 0.29) is 11.3 Å². The van der Waals surface area contributed by atoms with Gasteiger partial charge in [0, 0.05) is 18.6 Å². The molecule has 0 radical (unpaired) electrons. The summed E-state index contributed by atoms with van der Waals surface area (Å²) in [6.45, 7) is 8.10. The van der Waals surface area contributed by atoms with Crippen molar-refractivity contribution in [1.29, 1.82) is 0 Å². The summed E-state index contributed by atoms with van der Waals surface area (Å²) in [5.74, 6) is 0.202. The van der Waals surface area contributed by atoms with Gasteiger partial charge in [-0.15, -0.1) is 0 Å². The van der Waals surface area contributed by atoms with Crippen LogP contribution in [0.1, 0.15) is 25.0 Å². The van der Waals surface area contributed by atoms with Crippen LogP contribution in [0.15, 0.2) is 24.3 Å². The molecular formula is C15H23NO3S. The van der Waals surface area contributed by atoms with Crippen LogP contribution in [0.5, 0.6) is 0 Å². The maximum Gasteiger partial charge on any atom is 0.157 e. The standard InChI is InChI=1S/C15H23NO3S/c1-15(2,16-7-9-19-10-8-16)11-13-3-5-14(6-4-13)12-20(17)18/h3-6H,7-12H2,1-2H3,(H,17,18). The van der Waals surface area contributed by atoms with Crippen molar-refractivity contribution >= 4 is 11.1 Å². The molecule has 1 heterocycles. The first-order valence-electron chi connectivity index (χ1n) is 6.95. The molecule has 112 valence electrons. The van der Waals surface area contributed by atoms with Crippen LogP contribution in [0.2, 0.25) is 0 Å². The molecule has 4 nitrogen and oxygen atoms in total. The van der Waals surface area contributed by atoms with E-state index in [4.69, 9.17) is 9.29 Å². The van der Waals surface area contributed by atoms with Gasteiger partial charge in [-0.2, -0.15) is 0 Å². The molecule has 1 atom stereocenters. The first-order chi connectivity index (χ1) is 9.47. The summed E-state index contributed by atoms with van der Waals surface area (Å²) < 4.78 is 25.1. The quantitative estimate of drug-likeness (QED) is 0.845. The van der Waals surface area contributed by atoms with Gasteiger partial charge >= 0.3 is 0 Å². The van der Waals surface area contributed by atoms with Crippen molar-refractivity contribution in [3.05, 3.63) is 35.4 Å². The minimum atomic E-state index is -1.77. The molecule has 1 saturated heterocycles. The Labute approximate surface area is 123 Å². The molecule has 1 aromatic rings. The number of ether oxygens (including phenoxy) is 1. The van der Waals surface area contributed by atoms with E-state index >= 15 is 0 Å². The second-order valence-corrected chi connectivity index (χ2v) is 6.80. The van der Waals surface area contributed by atoms with Gasteiger partial charge in [0.25, 0.3) is 0 Å². The van der Waals surface area contributed by atoms with E-state index in [1.807, 2.05) is 12.1 Å². The Morgan fingerprint density at radius 1 is 1.20 bits per heavy atom. The first-order valence-corrected chi connectivity index (χ1v) is 8.23. The lowest BCUT2D eigenvalue weighted by molar-refractivity contribution is -0.00984. The normalized spacial score (nSPS) is 18.9. The fourth-order valence-electron chi connectivity index (χ4n) is 2.68. The smallest absolute Gasteiger partial charge is 0.157 e. The van der Waals surface area contributed by atoms with E-state index in [9.17, 15) is 4.21 Å². The van der Waals surface area contributed by atoms with Gasteiger partial charge in [0.1, 0.15) is 0 Å². The van der Waals surface area contributed by atoms with E-state index in [1.54, 1.807) is 0 Å². The van der Waals surface area contributed by atoms with Gasteiger partial charge in [-0.05, 0) is 31.4 Å². The molecule has 1 aliphatic heterocycles. The predicted octanol–water partition coefficient (Wildman–Crippen LogP) is 2.06. The van der Waals surface area contributed by atoms with Gasteiger partial charge in [-0.25, -0.2) is 4.21 Å². The van der Waals surface area contributed by atoms with Crippen molar-refractivity contribution in [2.45, 2.75) is 31.6 Å². The molecule has 1 N–H and O–H groups in total. The van der Waals surface area contributed by atoms with Crippen LogP contribution in [0.25, 0.3) is 0 Å². The van der Waals surface area contributed by atoms with Crippen LogP contribution >= 0.6 is 0 Å². The number of rotatable bonds is 5. The minimum Gasteiger partial charge on any atom is -0.379 e. The Balaban J connectivity index is 1.99. The van der Waals surface area contributed by atoms with Crippen LogP contribution in [-0.2, 0) is 28.0 Å². The highest BCUT2D eigenvalue weighted by Gasteiger charge is 2.28. The summed E-state index contributed by atoms with van der Waals surface area (Å²) >= 11 is -1.77. The summed E-state index contributed by atoms with van der Waals surface area (Å²) in [6.07, 6.45) is 0.968. The number of benzene rings is 1. The van der Waals surface area contributed by atoms with Gasteiger partial charge < -0.3 is 9.29 Å². The zero-order valence-corrected chi connectivity index (χ0v) is 13.0. The van der Waals surface area contributed by atoms with Crippen molar-refractivity contribution in [3.63, 3.8) is 0 Å². The van der Waals surface area contributed by atoms with E-state index in [2.05, 4.69) is 30.9 Å². The van der Waals surface area contributed by atoms with Crippen LogP contribution < -0.4 is 0 Å². The number of hydrogen-bond donors (Lipinski definition) is 1. The van der Waals surface area contributed by atoms with E-state index in [1.165, 1.54) is 5.56 Å². The van der Waals surface area contributed by atoms with Crippen molar-refractivity contribution in [1.82, 2.24) is 4.90 Å². The maximum absolute atomic E-state index is 10.8. The van der Waals surface area contributed by atoms with Crippen LogP contribution in [0.4, 0.5) is 0 Å². The lowest BCUT2D eigenvalue weighted by Gasteiger charge is -2.41. The molecule has 5 heteroatoms. The predicted molar refractivity (Wildman–Crippen MR) is 81.1 cm³/mol. The third-order valence-corrected chi connectivity index (χ3v) is 4.40. The summed E-state index contributed by atoms with van der Waals surface area (Å²) in [5.41, 5.74) is 2.26. The van der Waals surface area contributed by atoms with Crippen LogP contribution in [0, 0.1) is 0 Å². The molecule has 0 spiro atoms. The van der Waals surface area contributed by atoms with Gasteiger partial charge in [0.2, 0.25) is 0 Å². The molecular weight excluding hydrogens is 274 g/mol. The summed E-state index contributed by atoms with van der Waals surface area (Å²) in [6, 6.07) is 8.01. The third-order valence-electron chi connectivity index (χ3n) is 3.82. The van der Waals surface area contributed by atoms with Crippen molar-refractivity contribution in [2.24, 2.45) is 0 Å². The number of morpholine rings is 1. The average molecular weight is 297 g/mol. The second kappa shape index (κ2) is 6.80. The largest absolute Gasteiger partial charge is 0.379 e. The van der Waals surface area contributed by atoms with Crippen molar-refractivity contribution < 1.29 is 13.5 Å². The van der Waals surface area contributed by atoms with Crippen LogP contribution in [-0.4, -0.2) is 45.5 Å². The Morgan fingerprint density at radius 2 is 1.75 bits per heavy atom. The number of hydrogen-bond acceptors (Lipinski definition) is 3. The monoisotopic (exact) mass is 297 g/mol. The van der Waals surface area contributed by atoms with Crippen molar-refractivity contribution in [3.8, 4) is 0 Å². The van der Waals surface area contributed by atoms with Gasteiger partial charge in [-0.3, -0.25) is 4.90 Å². The maximum atomic E-state index is 10.8. The van der Waals surface area contributed by atoms with Gasteiger partial charge in [-0.1, -0.05) is 24.3 Å².